The van der Waals surface area contributed by atoms with Gasteiger partial charge < -0.3 is 14.7 Å². The zero-order chi connectivity index (χ0) is 18.2. The predicted octanol–water partition coefficient (Wildman–Crippen LogP) is 4.13. The lowest BCUT2D eigenvalue weighted by Gasteiger charge is -2.28. The van der Waals surface area contributed by atoms with Gasteiger partial charge in [0.1, 0.15) is 6.61 Å². The number of hydrogen-bond donors (Lipinski definition) is 1. The van der Waals surface area contributed by atoms with Crippen LogP contribution in [0.4, 0.5) is 0 Å². The van der Waals surface area contributed by atoms with Crippen LogP contribution in [0.25, 0.3) is 11.1 Å². The molecule has 1 aliphatic rings. The summed E-state index contributed by atoms with van der Waals surface area (Å²) in [5.74, 6) is 0.701. The molecule has 4 nitrogen and oxygen atoms in total. The lowest BCUT2D eigenvalue weighted by molar-refractivity contribution is -0.140. The number of amides is 1. The predicted molar refractivity (Wildman–Crippen MR) is 98.6 cm³/mol. The van der Waals surface area contributed by atoms with E-state index in [9.17, 15) is 9.90 Å². The van der Waals surface area contributed by atoms with Crippen LogP contribution in [0.15, 0.2) is 36.4 Å². The van der Waals surface area contributed by atoms with Gasteiger partial charge in [0.25, 0.3) is 0 Å². The lowest BCUT2D eigenvalue weighted by Crippen LogP contribution is -2.40. The van der Waals surface area contributed by atoms with E-state index in [1.165, 1.54) is 0 Å². The molecule has 0 unspecified atom stereocenters. The first kappa shape index (κ1) is 17.3. The van der Waals surface area contributed by atoms with Crippen molar-refractivity contribution < 1.29 is 14.6 Å². The first-order chi connectivity index (χ1) is 11.8. The molecule has 2 aromatic rings. The van der Waals surface area contributed by atoms with Gasteiger partial charge >= 0.3 is 0 Å². The van der Waals surface area contributed by atoms with E-state index in [0.717, 1.165) is 22.3 Å². The van der Waals surface area contributed by atoms with Gasteiger partial charge in [0.05, 0.1) is 6.54 Å². The molecule has 3 rings (SSSR count). The summed E-state index contributed by atoms with van der Waals surface area (Å²) in [6.07, 6.45) is 0. The van der Waals surface area contributed by atoms with E-state index in [2.05, 4.69) is 0 Å². The second-order valence-electron chi connectivity index (χ2n) is 7.62. The van der Waals surface area contributed by atoms with Crippen LogP contribution in [-0.2, 0) is 11.3 Å². The van der Waals surface area contributed by atoms with Gasteiger partial charge in [0.2, 0.25) is 5.91 Å². The molecule has 0 bridgehead atoms. The van der Waals surface area contributed by atoms with Gasteiger partial charge in [-0.25, -0.2) is 0 Å². The fraction of sp³-hybridized carbons (Fsp3) is 0.381. The van der Waals surface area contributed by atoms with Gasteiger partial charge in [0, 0.05) is 17.5 Å². The van der Waals surface area contributed by atoms with Crippen LogP contribution in [0.3, 0.4) is 0 Å². The van der Waals surface area contributed by atoms with Gasteiger partial charge in [0.15, 0.2) is 11.5 Å². The van der Waals surface area contributed by atoms with Gasteiger partial charge in [-0.1, -0.05) is 45.0 Å². The molecule has 1 heterocycles. The Balaban J connectivity index is 2.02. The molecule has 1 amide bonds. The van der Waals surface area contributed by atoms with Gasteiger partial charge in [-0.3, -0.25) is 4.79 Å². The number of benzene rings is 2. The zero-order valence-corrected chi connectivity index (χ0v) is 15.3. The number of nitrogens with zero attached hydrogens (tertiary/aromatic N) is 1. The summed E-state index contributed by atoms with van der Waals surface area (Å²) in [5, 5.41) is 10.5. The van der Waals surface area contributed by atoms with Crippen LogP contribution in [0.5, 0.6) is 11.5 Å². The number of aryl methyl sites for hydroxylation is 1. The Bertz CT molecular complexity index is 805. The number of hydrogen-bond acceptors (Lipinski definition) is 3. The molecule has 1 N–H and O–H groups in total. The molecule has 0 fully saturated rings. The second kappa shape index (κ2) is 6.43. The van der Waals surface area contributed by atoms with Crippen molar-refractivity contribution in [3.05, 3.63) is 47.5 Å². The van der Waals surface area contributed by atoms with Gasteiger partial charge in [-0.15, -0.1) is 0 Å². The number of carbonyl (C=O) groups excluding carboxylic acids is 1. The molecule has 1 aliphatic heterocycles. The fourth-order valence-electron chi connectivity index (χ4n) is 3.20. The van der Waals surface area contributed by atoms with Crippen LogP contribution in [-0.4, -0.2) is 29.1 Å². The summed E-state index contributed by atoms with van der Waals surface area (Å²) in [5.41, 5.74) is 3.54. The number of ether oxygens (including phenoxy) is 1. The Morgan fingerprint density at radius 2 is 1.92 bits per heavy atom. The van der Waals surface area contributed by atoms with E-state index in [-0.39, 0.29) is 11.7 Å². The van der Waals surface area contributed by atoms with Crippen molar-refractivity contribution in [1.29, 1.82) is 0 Å². The third-order valence-electron chi connectivity index (χ3n) is 4.50. The normalized spacial score (nSPS) is 14.5. The molecule has 0 spiro atoms. The van der Waals surface area contributed by atoms with E-state index in [4.69, 9.17) is 4.74 Å². The van der Waals surface area contributed by atoms with Crippen LogP contribution in [0.1, 0.15) is 31.9 Å². The number of fused-ring (bicyclic) bond motifs is 1. The first-order valence-corrected chi connectivity index (χ1v) is 8.61. The Morgan fingerprint density at radius 3 is 2.60 bits per heavy atom. The third kappa shape index (κ3) is 3.48. The smallest absolute Gasteiger partial charge is 0.228 e. The molecule has 0 radical (unpaired) electrons. The highest BCUT2D eigenvalue weighted by atomic mass is 16.5. The van der Waals surface area contributed by atoms with E-state index in [1.54, 1.807) is 6.07 Å². The maximum Gasteiger partial charge on any atom is 0.228 e. The Morgan fingerprint density at radius 1 is 1.20 bits per heavy atom. The van der Waals surface area contributed by atoms with E-state index < -0.39 is 5.41 Å². The quantitative estimate of drug-likeness (QED) is 0.850. The summed E-state index contributed by atoms with van der Waals surface area (Å²) in [6, 6.07) is 11.8. The fourth-order valence-corrected chi connectivity index (χ4v) is 3.20. The van der Waals surface area contributed by atoms with Crippen molar-refractivity contribution in [2.45, 2.75) is 34.2 Å². The van der Waals surface area contributed by atoms with E-state index in [1.807, 2.05) is 62.9 Å². The number of phenols is 1. The van der Waals surface area contributed by atoms with E-state index >= 15 is 0 Å². The number of phenolic OH excluding ortho intramolecular Hbond substituents is 1. The van der Waals surface area contributed by atoms with Crippen molar-refractivity contribution >= 4 is 5.91 Å². The maximum absolute atomic E-state index is 12.7. The van der Waals surface area contributed by atoms with Gasteiger partial charge in [-0.05, 0) is 35.7 Å². The van der Waals surface area contributed by atoms with Crippen LogP contribution < -0.4 is 4.74 Å². The molecule has 0 atom stereocenters. The van der Waals surface area contributed by atoms with Crippen LogP contribution in [0, 0.1) is 12.3 Å². The summed E-state index contributed by atoms with van der Waals surface area (Å²) < 4.78 is 5.75. The standard InChI is InChI=1S/C21H25NO3/c1-14-7-5-6-8-17(14)15-11-16-13-22(20(24)21(2,3)4)9-10-25-19(16)18(23)12-15/h5-8,11-12,23H,9-10,13H2,1-4H3. The molecule has 132 valence electrons. The minimum absolute atomic E-state index is 0.0877. The summed E-state index contributed by atoms with van der Waals surface area (Å²) in [4.78, 5) is 14.5. The molecule has 4 heteroatoms. The third-order valence-corrected chi connectivity index (χ3v) is 4.50. The SMILES string of the molecule is Cc1ccccc1-c1cc(O)c2c(c1)CN(C(=O)C(C)(C)C)CCO2. The van der Waals surface area contributed by atoms with Crippen molar-refractivity contribution in [2.75, 3.05) is 13.2 Å². The zero-order valence-electron chi connectivity index (χ0n) is 15.3. The first-order valence-electron chi connectivity index (χ1n) is 8.61. The number of aromatic hydroxyl groups is 1. The monoisotopic (exact) mass is 339 g/mol. The highest BCUT2D eigenvalue weighted by molar-refractivity contribution is 5.82. The Hall–Kier alpha value is -2.49. The second-order valence-corrected chi connectivity index (χ2v) is 7.62. The molecule has 0 aromatic heterocycles. The van der Waals surface area contributed by atoms with E-state index in [0.29, 0.717) is 25.4 Å². The average Bonchev–Trinajstić information content (AvgIpc) is 2.76. The summed E-state index contributed by atoms with van der Waals surface area (Å²) >= 11 is 0. The minimum Gasteiger partial charge on any atom is -0.504 e. The maximum atomic E-state index is 12.7. The van der Waals surface area contributed by atoms with Crippen LogP contribution >= 0.6 is 0 Å². The number of rotatable bonds is 1. The average molecular weight is 339 g/mol. The van der Waals surface area contributed by atoms with Gasteiger partial charge in [-0.2, -0.15) is 0 Å². The highest BCUT2D eigenvalue weighted by Gasteiger charge is 2.30. The Kier molecular flexibility index (Phi) is 4.46. The van der Waals surface area contributed by atoms with Crippen molar-refractivity contribution in [3.8, 4) is 22.6 Å². The summed E-state index contributed by atoms with van der Waals surface area (Å²) in [6.45, 7) is 9.15. The largest absolute Gasteiger partial charge is 0.504 e. The van der Waals surface area contributed by atoms with Crippen LogP contribution in [0.2, 0.25) is 0 Å². The van der Waals surface area contributed by atoms with Crippen molar-refractivity contribution in [1.82, 2.24) is 4.90 Å². The topological polar surface area (TPSA) is 49.8 Å². The molecular weight excluding hydrogens is 314 g/mol. The lowest BCUT2D eigenvalue weighted by atomic mass is 9.94. The molecular formula is C21H25NO3. The molecule has 0 saturated carbocycles. The van der Waals surface area contributed by atoms with Crippen molar-refractivity contribution in [3.63, 3.8) is 0 Å². The number of carbonyl (C=O) groups is 1. The molecule has 25 heavy (non-hydrogen) atoms. The molecule has 2 aromatic carbocycles. The van der Waals surface area contributed by atoms with Crippen molar-refractivity contribution in [2.24, 2.45) is 5.41 Å². The molecule has 0 aliphatic carbocycles. The Labute approximate surface area is 149 Å². The minimum atomic E-state index is -0.444. The summed E-state index contributed by atoms with van der Waals surface area (Å²) in [7, 11) is 0. The highest BCUT2D eigenvalue weighted by Crippen LogP contribution is 2.38. The molecule has 0 saturated heterocycles.